The number of para-hydroxylation sites is 1. The third-order valence-electron chi connectivity index (χ3n) is 9.64. The number of amides is 3. The lowest BCUT2D eigenvalue weighted by Gasteiger charge is -2.51. The molecule has 1 heterocycles. The number of imide groups is 1. The van der Waals surface area contributed by atoms with Gasteiger partial charge < -0.3 is 5.32 Å². The SMILES string of the molecule is CCc1cccc(CC)c1NC(=O)c1ccc(N2C(=O)[C@@H]3C4c5ccccc5C(c5ccccc54)[C@@]3(C)C2=O)cc1. The van der Waals surface area contributed by atoms with Crippen LogP contribution in [0.25, 0.3) is 0 Å². The average Bonchev–Trinajstić information content (AvgIpc) is 3.22. The molecule has 2 atom stereocenters. The van der Waals surface area contributed by atoms with Gasteiger partial charge in [-0.05, 0) is 77.4 Å². The maximum atomic E-state index is 14.3. The summed E-state index contributed by atoms with van der Waals surface area (Å²) >= 11 is 0. The first-order valence-corrected chi connectivity index (χ1v) is 14.5. The number of carbonyl (C=O) groups excluding carboxylic acids is 3. The molecule has 4 aliphatic rings. The molecule has 5 nitrogen and oxygen atoms in total. The van der Waals surface area contributed by atoms with Gasteiger partial charge in [0.15, 0.2) is 0 Å². The number of anilines is 2. The van der Waals surface area contributed by atoms with Gasteiger partial charge in [-0.3, -0.25) is 14.4 Å². The standard InChI is InChI=1S/C36H32N2O3/c1-4-21-11-10-12-22(5-2)32(21)37-33(39)23-17-19-24(20-18-23)38-34(40)31-29-25-13-6-8-15-27(25)30(36(31,3)35(38)41)28-16-9-7-14-26(28)29/h6-20,29-31H,4-5H2,1-3H3,(H,37,39)/t29?,30?,31-,36+/m0/s1. The minimum Gasteiger partial charge on any atom is -0.321 e. The van der Waals surface area contributed by atoms with Gasteiger partial charge in [0.05, 0.1) is 17.0 Å². The smallest absolute Gasteiger partial charge is 0.255 e. The van der Waals surface area contributed by atoms with E-state index in [0.717, 1.165) is 51.9 Å². The summed E-state index contributed by atoms with van der Waals surface area (Å²) in [6.07, 6.45) is 1.63. The zero-order valence-corrected chi connectivity index (χ0v) is 23.5. The molecular formula is C36H32N2O3. The molecule has 0 spiro atoms. The van der Waals surface area contributed by atoms with E-state index in [1.165, 1.54) is 4.90 Å². The maximum absolute atomic E-state index is 14.3. The molecule has 1 saturated heterocycles. The van der Waals surface area contributed by atoms with Gasteiger partial charge in [-0.15, -0.1) is 0 Å². The Bertz CT molecular complexity index is 1670. The third kappa shape index (κ3) is 3.45. The van der Waals surface area contributed by atoms with Crippen LogP contribution in [0.1, 0.15) is 76.3 Å². The molecule has 41 heavy (non-hydrogen) atoms. The summed E-state index contributed by atoms with van der Waals surface area (Å²) < 4.78 is 0. The summed E-state index contributed by atoms with van der Waals surface area (Å²) in [5.41, 5.74) is 7.72. The zero-order valence-electron chi connectivity index (χ0n) is 23.5. The van der Waals surface area contributed by atoms with Gasteiger partial charge in [-0.2, -0.15) is 0 Å². The molecular weight excluding hydrogens is 508 g/mol. The highest BCUT2D eigenvalue weighted by atomic mass is 16.2. The number of benzene rings is 4. The molecule has 8 rings (SSSR count). The number of carbonyl (C=O) groups is 3. The van der Waals surface area contributed by atoms with Crippen LogP contribution in [0.15, 0.2) is 91.0 Å². The molecule has 1 aliphatic heterocycles. The lowest BCUT2D eigenvalue weighted by atomic mass is 9.48. The first-order valence-electron chi connectivity index (χ1n) is 14.5. The van der Waals surface area contributed by atoms with Crippen LogP contribution in [0, 0.1) is 11.3 Å². The molecule has 0 radical (unpaired) electrons. The molecule has 0 unspecified atom stereocenters. The van der Waals surface area contributed by atoms with E-state index < -0.39 is 11.3 Å². The van der Waals surface area contributed by atoms with Gasteiger partial charge >= 0.3 is 0 Å². The fraction of sp³-hybridized carbons (Fsp3) is 0.250. The Labute approximate surface area is 240 Å². The Morgan fingerprint density at radius 1 is 0.756 bits per heavy atom. The summed E-state index contributed by atoms with van der Waals surface area (Å²) in [7, 11) is 0. The van der Waals surface area contributed by atoms with Crippen LogP contribution in [0.2, 0.25) is 0 Å². The van der Waals surface area contributed by atoms with E-state index in [1.807, 2.05) is 49.4 Å². The molecule has 0 aromatic heterocycles. The zero-order chi connectivity index (χ0) is 28.5. The quantitative estimate of drug-likeness (QED) is 0.282. The van der Waals surface area contributed by atoms with Crippen molar-refractivity contribution in [2.24, 2.45) is 11.3 Å². The molecule has 5 heteroatoms. The first-order chi connectivity index (χ1) is 19.9. The molecule has 4 aromatic rings. The van der Waals surface area contributed by atoms with E-state index >= 15 is 0 Å². The van der Waals surface area contributed by atoms with Gasteiger partial charge in [0, 0.05) is 23.1 Å². The summed E-state index contributed by atoms with van der Waals surface area (Å²) in [4.78, 5) is 43.1. The summed E-state index contributed by atoms with van der Waals surface area (Å²) in [5.74, 6) is -1.40. The van der Waals surface area contributed by atoms with Crippen LogP contribution in [0.5, 0.6) is 0 Å². The number of nitrogens with one attached hydrogen (secondary N) is 1. The van der Waals surface area contributed by atoms with Crippen molar-refractivity contribution < 1.29 is 14.4 Å². The summed E-state index contributed by atoms with van der Waals surface area (Å²) in [5, 5.41) is 3.10. The maximum Gasteiger partial charge on any atom is 0.255 e. The third-order valence-corrected chi connectivity index (χ3v) is 9.64. The highest BCUT2D eigenvalue weighted by molar-refractivity contribution is 6.25. The van der Waals surface area contributed by atoms with Crippen LogP contribution >= 0.6 is 0 Å². The van der Waals surface area contributed by atoms with E-state index in [-0.39, 0.29) is 29.6 Å². The van der Waals surface area contributed by atoms with E-state index in [1.54, 1.807) is 24.3 Å². The molecule has 204 valence electrons. The van der Waals surface area contributed by atoms with Crippen molar-refractivity contribution in [1.82, 2.24) is 0 Å². The fourth-order valence-corrected chi connectivity index (χ4v) is 7.71. The first kappa shape index (κ1) is 25.5. The van der Waals surface area contributed by atoms with Crippen LogP contribution in [0.3, 0.4) is 0 Å². The Kier molecular flexibility index (Phi) is 5.75. The monoisotopic (exact) mass is 540 g/mol. The lowest BCUT2D eigenvalue weighted by molar-refractivity contribution is -0.128. The average molecular weight is 541 g/mol. The van der Waals surface area contributed by atoms with Crippen molar-refractivity contribution in [2.75, 3.05) is 10.2 Å². The largest absolute Gasteiger partial charge is 0.321 e. The molecule has 3 aliphatic carbocycles. The van der Waals surface area contributed by atoms with Crippen molar-refractivity contribution in [3.05, 3.63) is 130 Å². The van der Waals surface area contributed by atoms with Crippen LogP contribution < -0.4 is 10.2 Å². The number of nitrogens with zero attached hydrogens (tertiary/aromatic N) is 1. The second kappa shape index (κ2) is 9.27. The van der Waals surface area contributed by atoms with Crippen molar-refractivity contribution >= 4 is 29.1 Å². The summed E-state index contributed by atoms with van der Waals surface area (Å²) in [6.45, 7) is 6.12. The van der Waals surface area contributed by atoms with E-state index in [9.17, 15) is 14.4 Å². The van der Waals surface area contributed by atoms with Crippen LogP contribution in [0.4, 0.5) is 11.4 Å². The second-order valence-electron chi connectivity index (χ2n) is 11.6. The van der Waals surface area contributed by atoms with E-state index in [0.29, 0.717) is 11.3 Å². The lowest BCUT2D eigenvalue weighted by Crippen LogP contribution is -2.49. The van der Waals surface area contributed by atoms with Crippen LogP contribution in [-0.4, -0.2) is 17.7 Å². The van der Waals surface area contributed by atoms with E-state index in [2.05, 4.69) is 43.4 Å². The Balaban J connectivity index is 1.23. The van der Waals surface area contributed by atoms with Gasteiger partial charge in [0.25, 0.3) is 5.91 Å². The Morgan fingerprint density at radius 3 is 1.83 bits per heavy atom. The molecule has 2 bridgehead atoms. The second-order valence-corrected chi connectivity index (χ2v) is 11.6. The highest BCUT2D eigenvalue weighted by Crippen LogP contribution is 2.67. The van der Waals surface area contributed by atoms with Crippen molar-refractivity contribution in [2.45, 2.75) is 45.4 Å². The number of hydrogen-bond donors (Lipinski definition) is 1. The Hall–Kier alpha value is -4.51. The minimum absolute atomic E-state index is 0.168. The highest BCUT2D eigenvalue weighted by Gasteiger charge is 2.68. The van der Waals surface area contributed by atoms with Gasteiger partial charge in [-0.1, -0.05) is 80.6 Å². The predicted molar refractivity (Wildman–Crippen MR) is 160 cm³/mol. The van der Waals surface area contributed by atoms with Crippen molar-refractivity contribution in [3.63, 3.8) is 0 Å². The number of aryl methyl sites for hydroxylation is 2. The fourth-order valence-electron chi connectivity index (χ4n) is 7.71. The predicted octanol–water partition coefficient (Wildman–Crippen LogP) is 6.85. The normalized spacial score (nSPS) is 23.7. The molecule has 4 aromatic carbocycles. The molecule has 1 N–H and O–H groups in total. The topological polar surface area (TPSA) is 66.5 Å². The van der Waals surface area contributed by atoms with Gasteiger partial charge in [0.1, 0.15) is 0 Å². The van der Waals surface area contributed by atoms with Crippen molar-refractivity contribution in [1.29, 1.82) is 0 Å². The summed E-state index contributed by atoms with van der Waals surface area (Å²) in [6, 6.07) is 29.5. The van der Waals surface area contributed by atoms with Gasteiger partial charge in [-0.25, -0.2) is 4.90 Å². The number of rotatable bonds is 5. The Morgan fingerprint density at radius 2 is 1.29 bits per heavy atom. The molecule has 3 amide bonds. The molecule has 1 fully saturated rings. The van der Waals surface area contributed by atoms with Crippen molar-refractivity contribution in [3.8, 4) is 0 Å². The van der Waals surface area contributed by atoms with E-state index in [4.69, 9.17) is 0 Å². The number of hydrogen-bond acceptors (Lipinski definition) is 3. The molecule has 0 saturated carbocycles. The van der Waals surface area contributed by atoms with Crippen LogP contribution in [-0.2, 0) is 22.4 Å². The van der Waals surface area contributed by atoms with Gasteiger partial charge in [0.2, 0.25) is 11.8 Å². The minimum atomic E-state index is -0.888.